The molecule has 0 N–H and O–H groups in total. The predicted octanol–water partition coefficient (Wildman–Crippen LogP) is 2.89. The van der Waals surface area contributed by atoms with Crippen LogP contribution in [0, 0.1) is 22.2 Å². The lowest BCUT2D eigenvalue weighted by molar-refractivity contribution is -0.116. The van der Waals surface area contributed by atoms with Gasteiger partial charge in [-0.2, -0.15) is 0 Å². The maximum Gasteiger partial charge on any atom is 0.125 e. The van der Waals surface area contributed by atoms with Gasteiger partial charge >= 0.3 is 0 Å². The summed E-state index contributed by atoms with van der Waals surface area (Å²) in [4.78, 5) is 10.9. The van der Waals surface area contributed by atoms with Gasteiger partial charge in [-0.05, 0) is 16.7 Å². The van der Waals surface area contributed by atoms with Crippen LogP contribution < -0.4 is 0 Å². The Morgan fingerprint density at radius 2 is 1.42 bits per heavy atom. The molecule has 0 saturated heterocycles. The molecular formula is C11H20O. The van der Waals surface area contributed by atoms with Crippen LogP contribution >= 0.6 is 0 Å². The lowest BCUT2D eigenvalue weighted by Crippen LogP contribution is -2.20. The maximum atomic E-state index is 10.9. The number of carbonyl (C=O) groups is 1. The van der Waals surface area contributed by atoms with E-state index in [1.807, 2.05) is 13.8 Å². The Hall–Kier alpha value is -0.330. The summed E-state index contributed by atoms with van der Waals surface area (Å²) in [6, 6.07) is 0. The average Bonchev–Trinajstić information content (AvgIpc) is 2.25. The second-order valence-electron chi connectivity index (χ2n) is 5.82. The second kappa shape index (κ2) is 2.12. The molecule has 0 radical (unpaired) electrons. The van der Waals surface area contributed by atoms with Crippen molar-refractivity contribution in [2.24, 2.45) is 22.2 Å². The smallest absolute Gasteiger partial charge is 0.125 e. The van der Waals surface area contributed by atoms with Gasteiger partial charge in [0.2, 0.25) is 0 Å². The van der Waals surface area contributed by atoms with E-state index >= 15 is 0 Å². The molecule has 12 heavy (non-hydrogen) atoms. The topological polar surface area (TPSA) is 17.1 Å². The van der Waals surface area contributed by atoms with Gasteiger partial charge in [0.15, 0.2) is 0 Å². The van der Waals surface area contributed by atoms with Crippen molar-refractivity contribution in [1.82, 2.24) is 0 Å². The third-order valence-corrected chi connectivity index (χ3v) is 4.07. The summed E-state index contributed by atoms with van der Waals surface area (Å²) in [6.45, 7) is 13.1. The minimum Gasteiger partial charge on any atom is -0.303 e. The van der Waals surface area contributed by atoms with Crippen molar-refractivity contribution >= 4 is 6.29 Å². The van der Waals surface area contributed by atoms with Crippen LogP contribution in [0.3, 0.4) is 0 Å². The van der Waals surface area contributed by atoms with Crippen molar-refractivity contribution in [2.75, 3.05) is 0 Å². The fourth-order valence-corrected chi connectivity index (χ4v) is 3.12. The van der Waals surface area contributed by atoms with Gasteiger partial charge in [0, 0.05) is 5.41 Å². The highest BCUT2D eigenvalue weighted by molar-refractivity contribution is 5.60. The Bertz CT molecular complexity index is 197. The Morgan fingerprint density at radius 3 is 1.50 bits per heavy atom. The molecular weight excluding hydrogens is 148 g/mol. The molecule has 1 rings (SSSR count). The summed E-state index contributed by atoms with van der Waals surface area (Å²) in [5, 5.41) is 0. The number of carbonyl (C=O) groups excluding carboxylic acids is 1. The zero-order valence-corrected chi connectivity index (χ0v) is 9.06. The minimum absolute atomic E-state index is 0.160. The van der Waals surface area contributed by atoms with E-state index in [1.54, 1.807) is 0 Å². The molecule has 0 unspecified atom stereocenters. The molecule has 1 aliphatic rings. The molecule has 0 aromatic carbocycles. The van der Waals surface area contributed by atoms with Crippen molar-refractivity contribution in [3.05, 3.63) is 0 Å². The Balaban J connectivity index is 2.91. The molecule has 1 heteroatoms. The fourth-order valence-electron chi connectivity index (χ4n) is 3.12. The zero-order valence-electron chi connectivity index (χ0n) is 9.06. The Kier molecular flexibility index (Phi) is 1.73. The third-order valence-electron chi connectivity index (χ3n) is 4.07. The normalized spacial score (nSPS) is 26.8. The first kappa shape index (κ1) is 9.76. The number of hydrogen-bond donors (Lipinski definition) is 0. The summed E-state index contributed by atoms with van der Waals surface area (Å²) >= 11 is 0. The molecule has 1 saturated carbocycles. The van der Waals surface area contributed by atoms with E-state index in [4.69, 9.17) is 0 Å². The van der Waals surface area contributed by atoms with E-state index in [2.05, 4.69) is 27.7 Å². The number of hydrogen-bond acceptors (Lipinski definition) is 1. The van der Waals surface area contributed by atoms with Crippen LogP contribution in [-0.2, 0) is 4.79 Å². The molecule has 0 aliphatic heterocycles. The van der Waals surface area contributed by atoms with Gasteiger partial charge in [0.25, 0.3) is 0 Å². The monoisotopic (exact) mass is 168 g/mol. The maximum absolute atomic E-state index is 10.9. The van der Waals surface area contributed by atoms with E-state index in [0.29, 0.717) is 16.7 Å². The van der Waals surface area contributed by atoms with Gasteiger partial charge in [0.05, 0.1) is 0 Å². The highest BCUT2D eigenvalue weighted by Crippen LogP contribution is 2.73. The molecule has 1 nitrogen and oxygen atoms in total. The molecule has 0 aromatic heterocycles. The first-order valence-electron chi connectivity index (χ1n) is 4.64. The second-order valence-corrected chi connectivity index (χ2v) is 5.82. The zero-order chi connectivity index (χ0) is 9.78. The summed E-state index contributed by atoms with van der Waals surface area (Å²) in [5.41, 5.74) is 0.474. The van der Waals surface area contributed by atoms with E-state index in [1.165, 1.54) is 0 Å². The van der Waals surface area contributed by atoms with Crippen LogP contribution in [0.1, 0.15) is 41.5 Å². The van der Waals surface area contributed by atoms with Crippen LogP contribution in [0.5, 0.6) is 0 Å². The van der Waals surface area contributed by atoms with Gasteiger partial charge in [-0.1, -0.05) is 41.5 Å². The summed E-state index contributed by atoms with van der Waals surface area (Å²) in [7, 11) is 0. The summed E-state index contributed by atoms with van der Waals surface area (Å²) < 4.78 is 0. The molecule has 0 amide bonds. The van der Waals surface area contributed by atoms with Crippen molar-refractivity contribution in [2.45, 2.75) is 41.5 Å². The first-order chi connectivity index (χ1) is 5.18. The largest absolute Gasteiger partial charge is 0.303 e. The highest BCUT2D eigenvalue weighted by Gasteiger charge is 2.69. The third kappa shape index (κ3) is 0.949. The lowest BCUT2D eigenvalue weighted by Gasteiger charge is -2.19. The standard InChI is InChI=1S/C11H20O/c1-9(2,7-12)8-10(3,4)11(8,5)6/h7-8H,1-6H3. The molecule has 1 aliphatic carbocycles. The molecule has 0 heterocycles. The van der Waals surface area contributed by atoms with Crippen LogP contribution in [0.4, 0.5) is 0 Å². The Labute approximate surface area is 75.5 Å². The highest BCUT2D eigenvalue weighted by atomic mass is 16.1. The van der Waals surface area contributed by atoms with E-state index in [-0.39, 0.29) is 5.41 Å². The minimum atomic E-state index is -0.160. The Morgan fingerprint density at radius 1 is 1.08 bits per heavy atom. The van der Waals surface area contributed by atoms with Crippen LogP contribution in [0.25, 0.3) is 0 Å². The van der Waals surface area contributed by atoms with Crippen molar-refractivity contribution in [1.29, 1.82) is 0 Å². The van der Waals surface area contributed by atoms with Gasteiger partial charge in [0.1, 0.15) is 6.29 Å². The average molecular weight is 168 g/mol. The summed E-state index contributed by atoms with van der Waals surface area (Å²) in [6.07, 6.45) is 1.11. The van der Waals surface area contributed by atoms with Gasteiger partial charge < -0.3 is 4.79 Å². The van der Waals surface area contributed by atoms with Crippen molar-refractivity contribution in [3.63, 3.8) is 0 Å². The molecule has 0 aromatic rings. The van der Waals surface area contributed by atoms with Crippen molar-refractivity contribution in [3.8, 4) is 0 Å². The lowest BCUT2D eigenvalue weighted by atomic mass is 9.84. The summed E-state index contributed by atoms with van der Waals surface area (Å²) in [5.74, 6) is 0.523. The van der Waals surface area contributed by atoms with Crippen LogP contribution in [0.2, 0.25) is 0 Å². The molecule has 0 atom stereocenters. The SMILES string of the molecule is CC(C)(C=O)C1C(C)(C)C1(C)C. The molecule has 70 valence electrons. The van der Waals surface area contributed by atoms with Gasteiger partial charge in [-0.25, -0.2) is 0 Å². The predicted molar refractivity (Wildman–Crippen MR) is 50.9 cm³/mol. The fraction of sp³-hybridized carbons (Fsp3) is 0.909. The molecule has 0 spiro atoms. The van der Waals surface area contributed by atoms with Gasteiger partial charge in [-0.15, -0.1) is 0 Å². The van der Waals surface area contributed by atoms with Crippen LogP contribution in [0.15, 0.2) is 0 Å². The van der Waals surface area contributed by atoms with Gasteiger partial charge in [-0.3, -0.25) is 0 Å². The molecule has 1 fully saturated rings. The number of aldehydes is 1. The van der Waals surface area contributed by atoms with Crippen molar-refractivity contribution < 1.29 is 4.79 Å². The number of rotatable bonds is 2. The molecule has 0 bridgehead atoms. The first-order valence-corrected chi connectivity index (χ1v) is 4.64. The van der Waals surface area contributed by atoms with E-state index in [9.17, 15) is 4.79 Å². The van der Waals surface area contributed by atoms with E-state index < -0.39 is 0 Å². The van der Waals surface area contributed by atoms with E-state index in [0.717, 1.165) is 6.29 Å². The quantitative estimate of drug-likeness (QED) is 0.579. The van der Waals surface area contributed by atoms with Crippen LogP contribution in [-0.4, -0.2) is 6.29 Å².